The number of hydrogen-bond donors (Lipinski definition) is 0. The van der Waals surface area contributed by atoms with E-state index in [0.717, 1.165) is 6.42 Å². The Labute approximate surface area is 88.0 Å². The molecule has 82 valence electrons. The topological polar surface area (TPSA) is 26.3 Å². The van der Waals surface area contributed by atoms with Crippen molar-refractivity contribution in [2.75, 3.05) is 7.11 Å². The Morgan fingerprint density at radius 1 is 1.50 bits per heavy atom. The van der Waals surface area contributed by atoms with Gasteiger partial charge in [-0.3, -0.25) is 4.79 Å². The van der Waals surface area contributed by atoms with Crippen LogP contribution in [0.5, 0.6) is 0 Å². The summed E-state index contributed by atoms with van der Waals surface area (Å²) in [5, 5.41) is 0. The van der Waals surface area contributed by atoms with E-state index in [2.05, 4.69) is 26.6 Å². The molecule has 0 bridgehead atoms. The van der Waals surface area contributed by atoms with Crippen LogP contribution in [-0.2, 0) is 9.53 Å². The van der Waals surface area contributed by atoms with Gasteiger partial charge in [0.15, 0.2) is 0 Å². The zero-order valence-corrected chi connectivity index (χ0v) is 11.0. The molecule has 1 fully saturated rings. The highest BCUT2D eigenvalue weighted by Gasteiger charge is 2.44. The van der Waals surface area contributed by atoms with Crippen molar-refractivity contribution in [1.29, 1.82) is 0 Å². The second-order valence-electron chi connectivity index (χ2n) is 5.90. The van der Waals surface area contributed by atoms with E-state index in [0.29, 0.717) is 18.1 Å². The largest absolute Gasteiger partial charge is 0.378 e. The van der Waals surface area contributed by atoms with Gasteiger partial charge in [0.1, 0.15) is 5.78 Å². The van der Waals surface area contributed by atoms with Crippen molar-refractivity contribution < 1.29 is 9.53 Å². The molecule has 0 spiro atoms. The highest BCUT2D eigenvalue weighted by atomic mass is 28.3. The van der Waals surface area contributed by atoms with E-state index in [-0.39, 0.29) is 5.60 Å². The van der Waals surface area contributed by atoms with Crippen LogP contribution in [0.3, 0.4) is 0 Å². The average Bonchev–Trinajstić information content (AvgIpc) is 2.25. The molecule has 0 N–H and O–H groups in total. The highest BCUT2D eigenvalue weighted by Crippen LogP contribution is 2.40. The molecule has 2 atom stereocenters. The summed E-state index contributed by atoms with van der Waals surface area (Å²) in [7, 11) is 0.643. The van der Waals surface area contributed by atoms with Gasteiger partial charge in [-0.25, -0.2) is 0 Å². The van der Waals surface area contributed by atoms with Gasteiger partial charge in [-0.1, -0.05) is 25.7 Å². The smallest absolute Gasteiger partial charge is 0.136 e. The van der Waals surface area contributed by atoms with Crippen molar-refractivity contribution in [3.05, 3.63) is 0 Å². The first-order valence-corrected chi connectivity index (χ1v) is 9.04. The Hall–Kier alpha value is -0.153. The van der Waals surface area contributed by atoms with Gasteiger partial charge in [0.05, 0.1) is 5.60 Å². The van der Waals surface area contributed by atoms with Crippen LogP contribution in [0.2, 0.25) is 25.7 Å². The molecule has 0 aromatic carbocycles. The monoisotopic (exact) mass is 214 g/mol. The molecule has 3 heteroatoms. The zero-order chi connectivity index (χ0) is 11.0. The summed E-state index contributed by atoms with van der Waals surface area (Å²) >= 11 is 0. The Bertz CT molecular complexity index is 232. The first kappa shape index (κ1) is 11.9. The number of carbonyl (C=O) groups excluding carboxylic acids is 1. The number of hydrogen-bond acceptors (Lipinski definition) is 2. The Morgan fingerprint density at radius 2 is 2.07 bits per heavy atom. The fourth-order valence-corrected chi connectivity index (χ4v) is 4.42. The Kier molecular flexibility index (Phi) is 3.22. The van der Waals surface area contributed by atoms with E-state index < -0.39 is 8.07 Å². The molecular formula is C11H22O2Si. The van der Waals surface area contributed by atoms with Crippen molar-refractivity contribution in [2.24, 2.45) is 5.92 Å². The van der Waals surface area contributed by atoms with Crippen molar-refractivity contribution >= 4 is 13.9 Å². The molecular weight excluding hydrogens is 192 g/mol. The molecule has 1 saturated carbocycles. The minimum absolute atomic E-state index is 0.183. The lowest BCUT2D eigenvalue weighted by molar-refractivity contribution is -0.119. The van der Waals surface area contributed by atoms with Crippen LogP contribution in [0.25, 0.3) is 0 Å². The molecule has 0 amide bonds. The standard InChI is InChI=1S/C11H22O2Si/c1-11(13-2)7-10(12)6-9(11)8-14(3,4)5/h9H,6-8H2,1-5H3/t9-,11+/m1/s1. The Balaban J connectivity index is 2.72. The van der Waals surface area contributed by atoms with Gasteiger partial charge >= 0.3 is 0 Å². The second-order valence-corrected chi connectivity index (χ2v) is 11.4. The van der Waals surface area contributed by atoms with E-state index in [4.69, 9.17) is 4.74 Å². The van der Waals surface area contributed by atoms with Gasteiger partial charge in [0.25, 0.3) is 0 Å². The number of Topliss-reactive ketones (excluding diaryl/α,β-unsaturated/α-hetero) is 1. The maximum absolute atomic E-state index is 11.4. The van der Waals surface area contributed by atoms with Crippen molar-refractivity contribution in [3.63, 3.8) is 0 Å². The maximum atomic E-state index is 11.4. The van der Waals surface area contributed by atoms with Crippen LogP contribution in [0.4, 0.5) is 0 Å². The van der Waals surface area contributed by atoms with Gasteiger partial charge in [-0.05, 0) is 12.8 Å². The second kappa shape index (κ2) is 3.78. The maximum Gasteiger partial charge on any atom is 0.136 e. The van der Waals surface area contributed by atoms with Crippen LogP contribution >= 0.6 is 0 Å². The first-order valence-electron chi connectivity index (χ1n) is 5.34. The summed E-state index contributed by atoms with van der Waals surface area (Å²) in [5.74, 6) is 0.823. The van der Waals surface area contributed by atoms with Gasteiger partial charge in [0, 0.05) is 28.0 Å². The van der Waals surface area contributed by atoms with E-state index >= 15 is 0 Å². The molecule has 1 aliphatic carbocycles. The molecule has 0 aromatic heterocycles. The first-order chi connectivity index (χ1) is 6.27. The number of rotatable bonds is 3. The summed E-state index contributed by atoms with van der Waals surface area (Å²) in [4.78, 5) is 11.4. The molecule has 0 heterocycles. The van der Waals surface area contributed by atoms with Gasteiger partial charge in [-0.15, -0.1) is 0 Å². The zero-order valence-electron chi connectivity index (χ0n) is 10.0. The van der Waals surface area contributed by atoms with Crippen LogP contribution in [0.15, 0.2) is 0 Å². The highest BCUT2D eigenvalue weighted by molar-refractivity contribution is 6.76. The summed E-state index contributed by atoms with van der Waals surface area (Å²) < 4.78 is 5.53. The molecule has 0 aliphatic heterocycles. The average molecular weight is 214 g/mol. The Morgan fingerprint density at radius 3 is 2.50 bits per heavy atom. The predicted molar refractivity (Wildman–Crippen MR) is 61.3 cm³/mol. The van der Waals surface area contributed by atoms with Crippen molar-refractivity contribution in [2.45, 2.75) is 51.1 Å². The molecule has 14 heavy (non-hydrogen) atoms. The number of ether oxygens (including phenoxy) is 1. The van der Waals surface area contributed by atoms with Crippen molar-refractivity contribution in [3.8, 4) is 0 Å². The molecule has 0 aromatic rings. The number of carbonyl (C=O) groups is 1. The van der Waals surface area contributed by atoms with Crippen LogP contribution in [0, 0.1) is 5.92 Å². The fourth-order valence-electron chi connectivity index (χ4n) is 2.36. The third-order valence-corrected chi connectivity index (χ3v) is 4.93. The molecule has 1 aliphatic rings. The molecule has 2 nitrogen and oxygen atoms in total. The molecule has 1 rings (SSSR count). The van der Waals surface area contributed by atoms with Crippen LogP contribution in [0.1, 0.15) is 19.8 Å². The van der Waals surface area contributed by atoms with Gasteiger partial charge in [-0.2, -0.15) is 0 Å². The lowest BCUT2D eigenvalue weighted by atomic mass is 9.94. The normalized spacial score (nSPS) is 33.8. The summed E-state index contributed by atoms with van der Waals surface area (Å²) in [6, 6.07) is 1.20. The SMILES string of the molecule is CO[C@@]1(C)CC(=O)C[C@@H]1C[Si](C)(C)C. The van der Waals surface area contributed by atoms with Gasteiger partial charge in [0.2, 0.25) is 0 Å². The fraction of sp³-hybridized carbons (Fsp3) is 0.909. The molecule has 0 unspecified atom stereocenters. The van der Waals surface area contributed by atoms with E-state index in [9.17, 15) is 4.79 Å². The van der Waals surface area contributed by atoms with E-state index in [1.165, 1.54) is 6.04 Å². The third-order valence-electron chi connectivity index (χ3n) is 3.21. The van der Waals surface area contributed by atoms with Crippen LogP contribution in [-0.4, -0.2) is 26.6 Å². The predicted octanol–water partition coefficient (Wildman–Crippen LogP) is 2.71. The van der Waals surface area contributed by atoms with E-state index in [1.54, 1.807) is 7.11 Å². The van der Waals surface area contributed by atoms with Gasteiger partial charge < -0.3 is 4.74 Å². The van der Waals surface area contributed by atoms with Crippen molar-refractivity contribution in [1.82, 2.24) is 0 Å². The lowest BCUT2D eigenvalue weighted by Gasteiger charge is -2.33. The summed E-state index contributed by atoms with van der Waals surface area (Å²) in [6.07, 6.45) is 1.34. The quantitative estimate of drug-likeness (QED) is 0.675. The number of methoxy groups -OCH3 is 1. The molecule has 0 saturated heterocycles. The lowest BCUT2D eigenvalue weighted by Crippen LogP contribution is -2.36. The molecule has 0 radical (unpaired) electrons. The third kappa shape index (κ3) is 2.67. The van der Waals surface area contributed by atoms with Crippen LogP contribution < -0.4 is 0 Å². The summed E-state index contributed by atoms with van der Waals surface area (Å²) in [5.41, 5.74) is -0.183. The van der Waals surface area contributed by atoms with E-state index in [1.807, 2.05) is 0 Å². The minimum Gasteiger partial charge on any atom is -0.378 e. The minimum atomic E-state index is -1.09. The number of ketones is 1. The summed E-state index contributed by atoms with van der Waals surface area (Å²) in [6.45, 7) is 9.15.